The molecule has 1 rings (SSSR count). The normalized spacial score (nSPS) is 13.6. The van der Waals surface area contributed by atoms with Crippen LogP contribution in [0.25, 0.3) is 5.57 Å². The van der Waals surface area contributed by atoms with Gasteiger partial charge in [-0.2, -0.15) is 26.3 Å². The Bertz CT molecular complexity index is 594. The lowest BCUT2D eigenvalue weighted by atomic mass is 9.97. The van der Waals surface area contributed by atoms with Crippen LogP contribution in [-0.2, 0) is 21.9 Å². The molecule has 0 amide bonds. The third kappa shape index (κ3) is 4.74. The van der Waals surface area contributed by atoms with Crippen LogP contribution in [0, 0.1) is 0 Å². The number of ether oxygens (including phenoxy) is 1. The third-order valence-corrected chi connectivity index (χ3v) is 3.16. The highest BCUT2D eigenvalue weighted by atomic mass is 19.4. The number of esters is 1. The third-order valence-electron chi connectivity index (χ3n) is 3.16. The lowest BCUT2D eigenvalue weighted by Gasteiger charge is -2.15. The fraction of sp³-hybridized carbons (Fsp3) is 0.400. The second kappa shape index (κ2) is 6.64. The number of alkyl halides is 6. The maximum atomic E-state index is 12.8. The summed E-state index contributed by atoms with van der Waals surface area (Å²) >= 11 is 0. The molecule has 0 aliphatic carbocycles. The zero-order valence-electron chi connectivity index (χ0n) is 12.5. The molecule has 0 N–H and O–H groups in total. The molecule has 128 valence electrons. The lowest BCUT2D eigenvalue weighted by molar-refractivity contribution is -0.143. The summed E-state index contributed by atoms with van der Waals surface area (Å²) in [5.74, 6) is -0.795. The van der Waals surface area contributed by atoms with Crippen molar-refractivity contribution in [3.8, 4) is 0 Å². The number of hydrogen-bond donors (Lipinski definition) is 0. The van der Waals surface area contributed by atoms with Crippen LogP contribution >= 0.6 is 0 Å². The van der Waals surface area contributed by atoms with E-state index in [4.69, 9.17) is 4.74 Å². The number of carbonyl (C=O) groups is 1. The van der Waals surface area contributed by atoms with Gasteiger partial charge >= 0.3 is 18.3 Å². The molecule has 0 fully saturated rings. The van der Waals surface area contributed by atoms with Gasteiger partial charge in [0.05, 0.1) is 17.7 Å². The Morgan fingerprint density at radius 1 is 0.957 bits per heavy atom. The summed E-state index contributed by atoms with van der Waals surface area (Å²) in [4.78, 5) is 11.6. The van der Waals surface area contributed by atoms with E-state index in [9.17, 15) is 31.1 Å². The van der Waals surface area contributed by atoms with Crippen LogP contribution in [0.4, 0.5) is 26.3 Å². The molecule has 1 aromatic rings. The number of benzene rings is 1. The molecule has 0 aromatic heterocycles. The molecule has 8 heteroatoms. The van der Waals surface area contributed by atoms with E-state index >= 15 is 0 Å². The summed E-state index contributed by atoms with van der Waals surface area (Å²) < 4.78 is 81.5. The highest BCUT2D eigenvalue weighted by Crippen LogP contribution is 2.38. The number of hydrogen-bond acceptors (Lipinski definition) is 2. The summed E-state index contributed by atoms with van der Waals surface area (Å²) in [6, 6.07) is 1.19. The smallest absolute Gasteiger partial charge is 0.416 e. The highest BCUT2D eigenvalue weighted by molar-refractivity contribution is 5.96. The Labute approximate surface area is 128 Å². The van der Waals surface area contributed by atoms with E-state index < -0.39 is 29.4 Å². The van der Waals surface area contributed by atoms with Gasteiger partial charge in [0.2, 0.25) is 0 Å². The van der Waals surface area contributed by atoms with E-state index in [0.717, 1.165) is 0 Å². The zero-order chi connectivity index (χ0) is 18.0. The van der Waals surface area contributed by atoms with Crippen molar-refractivity contribution in [2.75, 3.05) is 6.61 Å². The quantitative estimate of drug-likeness (QED) is 0.436. The van der Waals surface area contributed by atoms with E-state index in [1.54, 1.807) is 0 Å². The molecule has 2 nitrogen and oxygen atoms in total. The molecule has 0 radical (unpaired) electrons. The molecular weight excluding hydrogens is 326 g/mol. The fourth-order valence-electron chi connectivity index (χ4n) is 1.78. The minimum absolute atomic E-state index is 0.0138. The minimum atomic E-state index is -4.94. The number of carbonyl (C=O) groups excluding carboxylic acids is 1. The second-order valence-electron chi connectivity index (χ2n) is 4.77. The van der Waals surface area contributed by atoms with E-state index in [0.29, 0.717) is 12.1 Å². The van der Waals surface area contributed by atoms with Crippen LogP contribution in [0.3, 0.4) is 0 Å². The Morgan fingerprint density at radius 3 is 1.74 bits per heavy atom. The lowest BCUT2D eigenvalue weighted by Crippen LogP contribution is -2.12. The van der Waals surface area contributed by atoms with Gasteiger partial charge in [-0.3, -0.25) is 0 Å². The molecule has 0 saturated heterocycles. The molecule has 23 heavy (non-hydrogen) atoms. The van der Waals surface area contributed by atoms with Gasteiger partial charge in [0.25, 0.3) is 0 Å². The topological polar surface area (TPSA) is 26.3 Å². The van der Waals surface area contributed by atoms with Crippen LogP contribution in [0.1, 0.15) is 37.5 Å². The van der Waals surface area contributed by atoms with Crippen molar-refractivity contribution < 1.29 is 35.9 Å². The molecule has 1 aromatic carbocycles. The first-order chi connectivity index (χ1) is 10.4. The van der Waals surface area contributed by atoms with Crippen molar-refractivity contribution in [1.82, 2.24) is 0 Å². The maximum Gasteiger partial charge on any atom is 0.416 e. The van der Waals surface area contributed by atoms with Crippen LogP contribution in [-0.4, -0.2) is 12.6 Å². The summed E-state index contributed by atoms with van der Waals surface area (Å²) in [6.45, 7) is 4.12. The maximum absolute atomic E-state index is 12.8. The van der Waals surface area contributed by atoms with Crippen LogP contribution in [0.2, 0.25) is 0 Å². The number of allylic oxidation sites excluding steroid dienone is 1. The highest BCUT2D eigenvalue weighted by Gasteiger charge is 2.37. The Morgan fingerprint density at radius 2 is 1.39 bits per heavy atom. The van der Waals surface area contributed by atoms with Gasteiger partial charge in [-0.25, -0.2) is 4.79 Å². The van der Waals surface area contributed by atoms with E-state index in [1.807, 2.05) is 0 Å². The van der Waals surface area contributed by atoms with Crippen LogP contribution < -0.4 is 0 Å². The summed E-state index contributed by atoms with van der Waals surface area (Å²) in [5.41, 5.74) is -3.27. The van der Waals surface area contributed by atoms with E-state index in [-0.39, 0.29) is 29.4 Å². The Hall–Kier alpha value is -1.99. The van der Waals surface area contributed by atoms with E-state index in [2.05, 4.69) is 0 Å². The first-order valence-electron chi connectivity index (χ1n) is 6.52. The largest absolute Gasteiger partial charge is 0.463 e. The monoisotopic (exact) mass is 340 g/mol. The molecule has 0 atom stereocenters. The number of rotatable bonds is 3. The van der Waals surface area contributed by atoms with Crippen LogP contribution in [0.15, 0.2) is 23.8 Å². The average molecular weight is 340 g/mol. The van der Waals surface area contributed by atoms with E-state index in [1.165, 1.54) is 20.8 Å². The SMILES string of the molecule is CCOC(=O)C(C)=C(C)c1cc(C(F)(F)F)cc(C(F)(F)F)c1. The molecule has 0 aliphatic heterocycles. The molecule has 0 aliphatic rings. The molecular formula is C15H14F6O2. The van der Waals surface area contributed by atoms with Crippen LogP contribution in [0.5, 0.6) is 0 Å². The summed E-state index contributed by atoms with van der Waals surface area (Å²) in [7, 11) is 0. The average Bonchev–Trinajstić information content (AvgIpc) is 2.43. The van der Waals surface area contributed by atoms with Gasteiger partial charge < -0.3 is 4.74 Å². The predicted octanol–water partition coefficient (Wildman–Crippen LogP) is 5.08. The molecule has 0 saturated carbocycles. The summed E-state index contributed by atoms with van der Waals surface area (Å²) in [6.07, 6.45) is -9.87. The van der Waals surface area contributed by atoms with Crippen molar-refractivity contribution in [3.63, 3.8) is 0 Å². The zero-order valence-corrected chi connectivity index (χ0v) is 12.5. The standard InChI is InChI=1S/C15H14F6O2/c1-4-23-13(22)9(3)8(2)10-5-11(14(16,17)18)7-12(6-10)15(19,20)21/h5-7H,4H2,1-3H3. The van der Waals surface area contributed by atoms with Gasteiger partial charge in [0.15, 0.2) is 0 Å². The fourth-order valence-corrected chi connectivity index (χ4v) is 1.78. The summed E-state index contributed by atoms with van der Waals surface area (Å²) in [5, 5.41) is 0. The van der Waals surface area contributed by atoms with Crippen molar-refractivity contribution in [2.45, 2.75) is 33.1 Å². The van der Waals surface area contributed by atoms with Gasteiger partial charge in [0.1, 0.15) is 0 Å². The van der Waals surface area contributed by atoms with Gasteiger partial charge in [-0.1, -0.05) is 0 Å². The van der Waals surface area contributed by atoms with Gasteiger partial charge in [-0.05, 0) is 50.1 Å². The Balaban J connectivity index is 3.52. The van der Waals surface area contributed by atoms with Crippen molar-refractivity contribution in [1.29, 1.82) is 0 Å². The predicted molar refractivity (Wildman–Crippen MR) is 71.3 cm³/mol. The van der Waals surface area contributed by atoms with Gasteiger partial charge in [-0.15, -0.1) is 0 Å². The number of halogens is 6. The van der Waals surface area contributed by atoms with Gasteiger partial charge in [0, 0.05) is 5.57 Å². The van der Waals surface area contributed by atoms with Crippen molar-refractivity contribution in [2.24, 2.45) is 0 Å². The van der Waals surface area contributed by atoms with Crippen molar-refractivity contribution >= 4 is 11.5 Å². The molecule has 0 unspecified atom stereocenters. The Kier molecular flexibility index (Phi) is 5.50. The molecule has 0 heterocycles. The first kappa shape index (κ1) is 19.1. The molecule has 0 bridgehead atoms. The second-order valence-corrected chi connectivity index (χ2v) is 4.77. The van der Waals surface area contributed by atoms with Crippen molar-refractivity contribution in [3.05, 3.63) is 40.5 Å². The molecule has 0 spiro atoms. The minimum Gasteiger partial charge on any atom is -0.463 e. The first-order valence-corrected chi connectivity index (χ1v) is 6.52.